The van der Waals surface area contributed by atoms with Gasteiger partial charge in [-0.3, -0.25) is 14.1 Å². The fourth-order valence-corrected chi connectivity index (χ4v) is 5.38. The lowest BCUT2D eigenvalue weighted by Crippen LogP contribution is -2.29. The van der Waals surface area contributed by atoms with Crippen LogP contribution in [-0.4, -0.2) is 41.0 Å². The van der Waals surface area contributed by atoms with Gasteiger partial charge in [0.1, 0.15) is 6.61 Å². The predicted molar refractivity (Wildman–Crippen MR) is 170 cm³/mol. The fraction of sp³-hybridized carbons (Fsp3) is 0.939. The molecular weight excluding hydrogens is 555 g/mol. The van der Waals surface area contributed by atoms with Crippen molar-refractivity contribution in [2.24, 2.45) is 0 Å². The van der Waals surface area contributed by atoms with Crippen LogP contribution in [0.4, 0.5) is 0 Å². The van der Waals surface area contributed by atoms with Crippen molar-refractivity contribution in [3.8, 4) is 0 Å². The number of carbonyl (C=O) groups excluding carboxylic acids is 2. The van der Waals surface area contributed by atoms with Gasteiger partial charge in [0.25, 0.3) is 0 Å². The highest BCUT2D eigenvalue weighted by Crippen LogP contribution is 2.36. The molecule has 0 aromatic carbocycles. The Morgan fingerprint density at radius 1 is 0.524 bits per heavy atom. The second-order valence-electron chi connectivity index (χ2n) is 11.9. The van der Waals surface area contributed by atoms with Crippen molar-refractivity contribution in [1.82, 2.24) is 0 Å². The van der Waals surface area contributed by atoms with Crippen LogP contribution < -0.4 is 0 Å². The minimum atomic E-state index is -4.73. The summed E-state index contributed by atoms with van der Waals surface area (Å²) in [6.07, 6.45) is 28.5. The van der Waals surface area contributed by atoms with Gasteiger partial charge in [-0.25, -0.2) is 4.57 Å². The van der Waals surface area contributed by atoms with E-state index in [1.807, 2.05) is 0 Å². The maximum Gasteiger partial charge on any atom is 0.469 e. The quantitative estimate of drug-likeness (QED) is 0.0433. The van der Waals surface area contributed by atoms with Gasteiger partial charge in [0.15, 0.2) is 6.10 Å². The molecule has 0 aliphatic carbocycles. The first-order valence-corrected chi connectivity index (χ1v) is 18.9. The normalized spacial score (nSPS) is 12.4. The number of esters is 2. The van der Waals surface area contributed by atoms with Gasteiger partial charge in [-0.1, -0.05) is 155 Å². The molecule has 0 aliphatic heterocycles. The van der Waals surface area contributed by atoms with Gasteiger partial charge >= 0.3 is 19.8 Å². The van der Waals surface area contributed by atoms with Crippen molar-refractivity contribution in [2.75, 3.05) is 13.2 Å². The SMILES string of the molecule is CCCCCCCCCCCCCCCCCCCC(=O)OC[C@H](COP(=O)(O)O)OC(=O)CCCCCCCCC. The first-order chi connectivity index (χ1) is 20.3. The summed E-state index contributed by atoms with van der Waals surface area (Å²) in [6.45, 7) is 3.63. The van der Waals surface area contributed by atoms with Crippen molar-refractivity contribution >= 4 is 19.8 Å². The topological polar surface area (TPSA) is 119 Å². The zero-order valence-corrected chi connectivity index (χ0v) is 28.1. The summed E-state index contributed by atoms with van der Waals surface area (Å²) in [6, 6.07) is 0. The summed E-state index contributed by atoms with van der Waals surface area (Å²) >= 11 is 0. The standard InChI is InChI=1S/C33H65O8P/c1-3-5-7-9-11-12-13-14-15-16-17-18-19-20-22-23-25-27-32(34)39-29-31(30-40-42(36,37)38)41-33(35)28-26-24-21-10-8-6-4-2/h31H,3-30H2,1-2H3,(H2,36,37,38)/t31-/m1/s1. The van der Waals surface area contributed by atoms with E-state index in [0.29, 0.717) is 6.42 Å². The number of carbonyl (C=O) groups is 2. The van der Waals surface area contributed by atoms with E-state index in [4.69, 9.17) is 19.3 Å². The van der Waals surface area contributed by atoms with Crippen LogP contribution in [0.2, 0.25) is 0 Å². The Labute approximate surface area is 257 Å². The minimum Gasteiger partial charge on any atom is -0.462 e. The molecule has 0 heterocycles. The molecule has 0 bridgehead atoms. The lowest BCUT2D eigenvalue weighted by molar-refractivity contribution is -0.161. The highest BCUT2D eigenvalue weighted by atomic mass is 31.2. The van der Waals surface area contributed by atoms with Gasteiger partial charge in [-0.05, 0) is 12.8 Å². The van der Waals surface area contributed by atoms with Gasteiger partial charge in [0.05, 0.1) is 6.61 Å². The molecule has 9 heteroatoms. The van der Waals surface area contributed by atoms with Crippen LogP contribution in [0.15, 0.2) is 0 Å². The Bertz CT molecular complexity index is 666. The highest BCUT2D eigenvalue weighted by molar-refractivity contribution is 7.46. The van der Waals surface area contributed by atoms with Crippen LogP contribution in [-0.2, 0) is 28.2 Å². The van der Waals surface area contributed by atoms with Crippen molar-refractivity contribution in [2.45, 2.75) is 187 Å². The first-order valence-electron chi connectivity index (χ1n) is 17.3. The second kappa shape index (κ2) is 30.1. The largest absolute Gasteiger partial charge is 0.469 e. The lowest BCUT2D eigenvalue weighted by atomic mass is 10.0. The molecule has 0 radical (unpaired) electrons. The molecule has 42 heavy (non-hydrogen) atoms. The van der Waals surface area contributed by atoms with E-state index in [-0.39, 0.29) is 19.4 Å². The fourth-order valence-electron chi connectivity index (χ4n) is 5.02. The summed E-state index contributed by atoms with van der Waals surface area (Å²) in [5.41, 5.74) is 0. The molecule has 8 nitrogen and oxygen atoms in total. The van der Waals surface area contributed by atoms with E-state index >= 15 is 0 Å². The van der Waals surface area contributed by atoms with Gasteiger partial charge in [0.2, 0.25) is 0 Å². The molecule has 2 N–H and O–H groups in total. The van der Waals surface area contributed by atoms with Gasteiger partial charge < -0.3 is 19.3 Å². The number of ether oxygens (including phenoxy) is 2. The zero-order chi connectivity index (χ0) is 31.2. The number of hydrogen-bond acceptors (Lipinski definition) is 6. The summed E-state index contributed by atoms with van der Waals surface area (Å²) in [4.78, 5) is 42.3. The Balaban J connectivity index is 3.85. The van der Waals surface area contributed by atoms with Crippen LogP contribution in [0, 0.1) is 0 Å². The maximum absolute atomic E-state index is 12.2. The summed E-state index contributed by atoms with van der Waals surface area (Å²) < 4.78 is 26.1. The Kier molecular flexibility index (Phi) is 29.4. The number of phosphoric ester groups is 1. The van der Waals surface area contributed by atoms with E-state index in [9.17, 15) is 14.2 Å². The molecule has 0 fully saturated rings. The monoisotopic (exact) mass is 620 g/mol. The Morgan fingerprint density at radius 2 is 0.857 bits per heavy atom. The van der Waals surface area contributed by atoms with Gasteiger partial charge in [-0.2, -0.15) is 0 Å². The van der Waals surface area contributed by atoms with Crippen molar-refractivity contribution < 1.29 is 37.9 Å². The number of rotatable bonds is 32. The Hall–Kier alpha value is -0.950. The third kappa shape index (κ3) is 32.0. The summed E-state index contributed by atoms with van der Waals surface area (Å²) in [5, 5.41) is 0. The van der Waals surface area contributed by atoms with Crippen LogP contribution in [0.5, 0.6) is 0 Å². The summed E-state index contributed by atoms with van der Waals surface area (Å²) in [7, 11) is -4.73. The maximum atomic E-state index is 12.2. The van der Waals surface area contributed by atoms with E-state index in [0.717, 1.165) is 38.5 Å². The number of unbranched alkanes of at least 4 members (excludes halogenated alkanes) is 22. The predicted octanol–water partition coefficient (Wildman–Crippen LogP) is 9.73. The van der Waals surface area contributed by atoms with Crippen molar-refractivity contribution in [3.63, 3.8) is 0 Å². The number of phosphoric acid groups is 1. The van der Waals surface area contributed by atoms with E-state index < -0.39 is 32.5 Å². The molecule has 0 spiro atoms. The Morgan fingerprint density at radius 3 is 1.21 bits per heavy atom. The van der Waals surface area contributed by atoms with Crippen LogP contribution in [0.3, 0.4) is 0 Å². The van der Waals surface area contributed by atoms with Crippen LogP contribution in [0.1, 0.15) is 181 Å². The average Bonchev–Trinajstić information content (AvgIpc) is 2.95. The van der Waals surface area contributed by atoms with Gasteiger partial charge in [0, 0.05) is 12.8 Å². The van der Waals surface area contributed by atoms with Gasteiger partial charge in [-0.15, -0.1) is 0 Å². The molecule has 0 aliphatic rings. The van der Waals surface area contributed by atoms with E-state index in [2.05, 4.69) is 18.4 Å². The number of hydrogen-bond donors (Lipinski definition) is 2. The molecule has 0 saturated carbocycles. The smallest absolute Gasteiger partial charge is 0.462 e. The van der Waals surface area contributed by atoms with Crippen LogP contribution in [0.25, 0.3) is 0 Å². The summed E-state index contributed by atoms with van der Waals surface area (Å²) in [5.74, 6) is -0.882. The van der Waals surface area contributed by atoms with Crippen molar-refractivity contribution in [3.05, 3.63) is 0 Å². The molecule has 1 atom stereocenters. The molecule has 0 rings (SSSR count). The van der Waals surface area contributed by atoms with E-state index in [1.165, 1.54) is 109 Å². The second-order valence-corrected chi connectivity index (χ2v) is 13.1. The molecule has 0 saturated heterocycles. The minimum absolute atomic E-state index is 0.216. The molecule has 250 valence electrons. The third-order valence-corrected chi connectivity index (χ3v) is 8.11. The van der Waals surface area contributed by atoms with Crippen molar-refractivity contribution in [1.29, 1.82) is 0 Å². The average molecular weight is 621 g/mol. The zero-order valence-electron chi connectivity index (χ0n) is 27.2. The molecule has 0 unspecified atom stereocenters. The molecule has 0 aromatic heterocycles. The van der Waals surface area contributed by atoms with Crippen LogP contribution >= 0.6 is 7.82 Å². The molecular formula is C33H65O8P. The van der Waals surface area contributed by atoms with E-state index in [1.54, 1.807) is 0 Å². The molecule has 0 aromatic rings. The highest BCUT2D eigenvalue weighted by Gasteiger charge is 2.22. The third-order valence-electron chi connectivity index (χ3n) is 7.63. The lowest BCUT2D eigenvalue weighted by Gasteiger charge is -2.18. The first kappa shape index (κ1) is 41.0. The molecule has 0 amide bonds.